The van der Waals surface area contributed by atoms with Crippen molar-refractivity contribution in [1.82, 2.24) is 5.32 Å². The van der Waals surface area contributed by atoms with Crippen LogP contribution in [0.4, 0.5) is 5.69 Å². The van der Waals surface area contributed by atoms with Crippen molar-refractivity contribution in [2.24, 2.45) is 0 Å². The lowest BCUT2D eigenvalue weighted by atomic mass is 10.0. The Morgan fingerprint density at radius 3 is 1.86 bits per heavy atom. The van der Waals surface area contributed by atoms with Crippen LogP contribution in [-0.2, 0) is 20.6 Å². The molecule has 0 fully saturated rings. The highest BCUT2D eigenvalue weighted by atomic mass is 32.2. The summed E-state index contributed by atoms with van der Waals surface area (Å²) in [4.78, 5) is 0. The molecule has 208 valence electrons. The van der Waals surface area contributed by atoms with Gasteiger partial charge in [-0.05, 0) is 75.6 Å². The highest BCUT2D eigenvalue weighted by molar-refractivity contribution is 7.71. The SMILES string of the molecule is CCCCCCC(CC)NCCCC(O)c1ccc(N)cc1.O=S(=O)=CCCCCCCC=S(=O)=O. The molecule has 0 saturated carbocycles. The maximum absolute atomic E-state index is 10.2. The quantitative estimate of drug-likeness (QED) is 0.125. The first-order valence-corrected chi connectivity index (χ1v) is 15.7. The number of anilines is 1. The van der Waals surface area contributed by atoms with Gasteiger partial charge in [0.05, 0.1) is 6.10 Å². The summed E-state index contributed by atoms with van der Waals surface area (Å²) in [6.45, 7) is 5.49. The largest absolute Gasteiger partial charge is 0.399 e. The molecule has 0 aliphatic carbocycles. The first-order chi connectivity index (χ1) is 17.3. The second-order valence-corrected chi connectivity index (χ2v) is 10.8. The number of hydrogen-bond donors (Lipinski definition) is 3. The topological polar surface area (TPSA) is 127 Å². The number of rotatable bonds is 19. The van der Waals surface area contributed by atoms with Crippen molar-refractivity contribution in [1.29, 1.82) is 0 Å². The molecular weight excluding hydrogens is 496 g/mol. The molecule has 4 N–H and O–H groups in total. The lowest BCUT2D eigenvalue weighted by Gasteiger charge is -2.18. The zero-order valence-corrected chi connectivity index (χ0v) is 23.8. The van der Waals surface area contributed by atoms with Crippen molar-refractivity contribution in [3.63, 3.8) is 0 Å². The highest BCUT2D eigenvalue weighted by Gasteiger charge is 2.08. The summed E-state index contributed by atoms with van der Waals surface area (Å²) >= 11 is 0. The van der Waals surface area contributed by atoms with Crippen molar-refractivity contribution in [3.8, 4) is 0 Å². The molecule has 1 aromatic carbocycles. The lowest BCUT2D eigenvalue weighted by Crippen LogP contribution is -2.29. The van der Waals surface area contributed by atoms with Crippen LogP contribution in [0.3, 0.4) is 0 Å². The van der Waals surface area contributed by atoms with Gasteiger partial charge in [0.1, 0.15) is 0 Å². The standard InChI is InChI=1S/C19H34N2O.C8H14O4S2/c1-3-5-6-7-9-18(4-2)21-15-8-10-19(22)16-11-13-17(20)14-12-16;9-13(10)7-5-3-1-2-4-6-8-14(11)12/h11-14,18-19,21-22H,3-10,15,20H2,1-2H3;7-8H,1-6H2. The van der Waals surface area contributed by atoms with E-state index in [4.69, 9.17) is 5.73 Å². The van der Waals surface area contributed by atoms with Gasteiger partial charge < -0.3 is 16.2 Å². The molecule has 0 bridgehead atoms. The molecule has 2 atom stereocenters. The summed E-state index contributed by atoms with van der Waals surface area (Å²) in [6, 6.07) is 8.15. The van der Waals surface area contributed by atoms with E-state index in [1.165, 1.54) is 49.3 Å². The van der Waals surface area contributed by atoms with Crippen molar-refractivity contribution in [2.45, 2.75) is 116 Å². The maximum atomic E-state index is 10.2. The molecule has 0 radical (unpaired) electrons. The average molecular weight is 545 g/mol. The first kappa shape index (κ1) is 34.3. The number of unbranched alkanes of at least 4 members (excludes halogenated alkanes) is 8. The molecule has 9 heteroatoms. The van der Waals surface area contributed by atoms with Crippen LogP contribution >= 0.6 is 0 Å². The molecule has 1 aromatic rings. The Bertz CT molecular complexity index is 873. The van der Waals surface area contributed by atoms with Gasteiger partial charge in [0.15, 0.2) is 0 Å². The third kappa shape index (κ3) is 21.6. The lowest BCUT2D eigenvalue weighted by molar-refractivity contribution is 0.164. The Morgan fingerprint density at radius 2 is 1.36 bits per heavy atom. The Balaban J connectivity index is 0.000000757. The van der Waals surface area contributed by atoms with Gasteiger partial charge in [-0.3, -0.25) is 0 Å². The fraction of sp³-hybridized carbons (Fsp3) is 0.704. The summed E-state index contributed by atoms with van der Waals surface area (Å²) in [7, 11) is -4.09. The minimum atomic E-state index is -2.04. The Labute approximate surface area is 222 Å². The van der Waals surface area contributed by atoms with E-state index in [9.17, 15) is 21.9 Å². The van der Waals surface area contributed by atoms with Gasteiger partial charge in [0.25, 0.3) is 0 Å². The summed E-state index contributed by atoms with van der Waals surface area (Å²) in [5.74, 6) is 0. The number of nitrogens with two attached hydrogens (primary N) is 1. The van der Waals surface area contributed by atoms with Crippen LogP contribution in [-0.4, -0.2) is 45.3 Å². The summed E-state index contributed by atoms with van der Waals surface area (Å²) in [5.41, 5.74) is 7.37. The molecule has 0 aliphatic heterocycles. The van der Waals surface area contributed by atoms with Crippen LogP contribution in [0, 0.1) is 0 Å². The second-order valence-electron chi connectivity index (χ2n) is 9.08. The Hall–Kier alpha value is -1.68. The van der Waals surface area contributed by atoms with Gasteiger partial charge in [-0.25, -0.2) is 0 Å². The number of aliphatic hydroxyl groups is 1. The van der Waals surface area contributed by atoms with E-state index < -0.39 is 20.6 Å². The fourth-order valence-electron chi connectivity index (χ4n) is 3.76. The third-order valence-corrected chi connectivity index (χ3v) is 6.99. The molecule has 0 aromatic heterocycles. The normalized spacial score (nSPS) is 12.2. The highest BCUT2D eigenvalue weighted by Crippen LogP contribution is 2.19. The van der Waals surface area contributed by atoms with E-state index in [0.717, 1.165) is 56.3 Å². The molecule has 2 unspecified atom stereocenters. The van der Waals surface area contributed by atoms with Gasteiger partial charge in [0, 0.05) is 22.5 Å². The monoisotopic (exact) mass is 544 g/mol. The molecule has 1 rings (SSSR count). The molecular formula is C27H48N2O5S2. The van der Waals surface area contributed by atoms with E-state index in [0.29, 0.717) is 18.9 Å². The van der Waals surface area contributed by atoms with Crippen LogP contribution in [0.15, 0.2) is 24.3 Å². The number of nitrogen functional groups attached to an aromatic ring is 1. The van der Waals surface area contributed by atoms with Crippen LogP contribution < -0.4 is 11.1 Å². The van der Waals surface area contributed by atoms with Crippen molar-refractivity contribution >= 4 is 37.0 Å². The van der Waals surface area contributed by atoms with Gasteiger partial charge in [-0.2, -0.15) is 16.8 Å². The van der Waals surface area contributed by atoms with Crippen LogP contribution in [0.2, 0.25) is 0 Å². The van der Waals surface area contributed by atoms with Crippen LogP contribution in [0.1, 0.15) is 115 Å². The third-order valence-electron chi connectivity index (χ3n) is 5.97. The molecule has 7 nitrogen and oxygen atoms in total. The number of nitrogens with one attached hydrogen (secondary N) is 1. The second kappa shape index (κ2) is 23.7. The predicted octanol–water partition coefficient (Wildman–Crippen LogP) is 5.11. The van der Waals surface area contributed by atoms with E-state index in [2.05, 4.69) is 19.2 Å². The van der Waals surface area contributed by atoms with Gasteiger partial charge in [-0.1, -0.05) is 64.5 Å². The van der Waals surface area contributed by atoms with E-state index >= 15 is 0 Å². The van der Waals surface area contributed by atoms with Crippen molar-refractivity contribution in [2.75, 3.05) is 12.3 Å². The fourth-order valence-corrected chi connectivity index (χ4v) is 4.47. The zero-order valence-electron chi connectivity index (χ0n) is 22.2. The van der Waals surface area contributed by atoms with Crippen LogP contribution in [0.5, 0.6) is 0 Å². The van der Waals surface area contributed by atoms with Gasteiger partial charge >= 0.3 is 0 Å². The van der Waals surface area contributed by atoms with E-state index in [-0.39, 0.29) is 6.10 Å². The Morgan fingerprint density at radius 1 is 0.806 bits per heavy atom. The number of hydrogen-bond acceptors (Lipinski definition) is 7. The number of benzene rings is 1. The summed E-state index contributed by atoms with van der Waals surface area (Å²) in [5, 5.41) is 16.3. The van der Waals surface area contributed by atoms with Crippen LogP contribution in [0.25, 0.3) is 0 Å². The summed E-state index contributed by atoms with van der Waals surface area (Å²) < 4.78 is 40.3. The minimum Gasteiger partial charge on any atom is -0.399 e. The van der Waals surface area contributed by atoms with Crippen molar-refractivity contribution < 1.29 is 21.9 Å². The van der Waals surface area contributed by atoms with E-state index in [1.54, 1.807) is 0 Å². The molecule has 0 aliphatic rings. The molecule has 0 heterocycles. The minimum absolute atomic E-state index is 0.382. The Kier molecular flexibility index (Phi) is 22.6. The average Bonchev–Trinajstić information content (AvgIpc) is 2.85. The summed E-state index contributed by atoms with van der Waals surface area (Å²) in [6.07, 6.45) is 13.9. The van der Waals surface area contributed by atoms with Gasteiger partial charge in [0.2, 0.25) is 20.6 Å². The molecule has 0 saturated heterocycles. The zero-order chi connectivity index (χ0) is 27.0. The first-order valence-electron chi connectivity index (χ1n) is 13.4. The smallest absolute Gasteiger partial charge is 0.209 e. The number of aliphatic hydroxyl groups excluding tert-OH is 1. The molecule has 36 heavy (non-hydrogen) atoms. The predicted molar refractivity (Wildman–Crippen MR) is 154 cm³/mol. The molecule has 0 amide bonds. The maximum Gasteiger partial charge on any atom is 0.209 e. The van der Waals surface area contributed by atoms with Gasteiger partial charge in [-0.15, -0.1) is 0 Å². The van der Waals surface area contributed by atoms with Crippen molar-refractivity contribution in [3.05, 3.63) is 29.8 Å². The molecule has 0 spiro atoms. The van der Waals surface area contributed by atoms with E-state index in [1.807, 2.05) is 24.3 Å².